The van der Waals surface area contributed by atoms with Crippen molar-refractivity contribution < 1.29 is 22.7 Å². The third-order valence-electron chi connectivity index (χ3n) is 3.77. The number of nitrogens with one attached hydrogen (secondary N) is 2. The standard InChI is InChI=1S/C18H21N3O5S/c1-11-4-9-15(26-3)16(10-11)27(24,25)21-12(2)18(23)20-14-7-5-13(6-8-14)17(19)22/h4-10,12,21H,1-3H3,(H2,19,22)(H,20,23)/t12-/m0/s1. The molecule has 0 fully saturated rings. The van der Waals surface area contributed by atoms with Crippen LogP contribution in [0.25, 0.3) is 0 Å². The van der Waals surface area contributed by atoms with Crippen LogP contribution in [0.4, 0.5) is 5.69 Å². The lowest BCUT2D eigenvalue weighted by molar-refractivity contribution is -0.117. The molecule has 0 saturated carbocycles. The monoisotopic (exact) mass is 391 g/mol. The molecule has 0 heterocycles. The van der Waals surface area contributed by atoms with Crippen LogP contribution in [0.2, 0.25) is 0 Å². The third-order valence-corrected chi connectivity index (χ3v) is 5.33. The van der Waals surface area contributed by atoms with E-state index in [0.29, 0.717) is 11.3 Å². The molecule has 0 unspecified atom stereocenters. The summed E-state index contributed by atoms with van der Waals surface area (Å²) in [4.78, 5) is 23.3. The Bertz CT molecular complexity index is 955. The topological polar surface area (TPSA) is 128 Å². The second-order valence-corrected chi connectivity index (χ2v) is 7.61. The zero-order chi connectivity index (χ0) is 20.2. The number of hydrogen-bond acceptors (Lipinski definition) is 5. The molecule has 4 N–H and O–H groups in total. The van der Waals surface area contributed by atoms with Crippen LogP contribution in [0.5, 0.6) is 5.75 Å². The molecule has 2 aromatic rings. The SMILES string of the molecule is COc1ccc(C)cc1S(=O)(=O)N[C@@H](C)C(=O)Nc1ccc(C(N)=O)cc1. The number of nitrogens with two attached hydrogens (primary N) is 1. The van der Waals surface area contributed by atoms with Gasteiger partial charge in [0.05, 0.1) is 13.2 Å². The van der Waals surface area contributed by atoms with Gasteiger partial charge >= 0.3 is 0 Å². The molecule has 0 spiro atoms. The molecular formula is C18H21N3O5S. The highest BCUT2D eigenvalue weighted by molar-refractivity contribution is 7.89. The molecule has 2 rings (SSSR count). The van der Waals surface area contributed by atoms with E-state index < -0.39 is 27.9 Å². The molecule has 0 aromatic heterocycles. The lowest BCUT2D eigenvalue weighted by Gasteiger charge is -2.16. The predicted molar refractivity (Wildman–Crippen MR) is 101 cm³/mol. The number of anilines is 1. The van der Waals surface area contributed by atoms with Crippen LogP contribution in [0.15, 0.2) is 47.4 Å². The molecule has 9 heteroatoms. The van der Waals surface area contributed by atoms with Gasteiger partial charge in [-0.3, -0.25) is 9.59 Å². The lowest BCUT2D eigenvalue weighted by Crippen LogP contribution is -2.41. The van der Waals surface area contributed by atoms with Crippen molar-refractivity contribution in [2.75, 3.05) is 12.4 Å². The third kappa shape index (κ3) is 5.05. The van der Waals surface area contributed by atoms with Gasteiger partial charge in [-0.25, -0.2) is 8.42 Å². The molecule has 144 valence electrons. The molecule has 0 aliphatic heterocycles. The van der Waals surface area contributed by atoms with E-state index >= 15 is 0 Å². The van der Waals surface area contributed by atoms with Gasteiger partial charge in [0.1, 0.15) is 10.6 Å². The normalized spacial score (nSPS) is 12.3. The maximum atomic E-state index is 12.6. The van der Waals surface area contributed by atoms with E-state index in [9.17, 15) is 18.0 Å². The van der Waals surface area contributed by atoms with Crippen molar-refractivity contribution in [3.8, 4) is 5.75 Å². The average Bonchev–Trinajstić information content (AvgIpc) is 2.61. The fourth-order valence-corrected chi connectivity index (χ4v) is 3.77. The Hall–Kier alpha value is -2.91. The van der Waals surface area contributed by atoms with Gasteiger partial charge in [-0.1, -0.05) is 6.07 Å². The van der Waals surface area contributed by atoms with Crippen molar-refractivity contribution in [2.24, 2.45) is 5.73 Å². The van der Waals surface area contributed by atoms with Gasteiger partial charge in [0.25, 0.3) is 0 Å². The van der Waals surface area contributed by atoms with E-state index in [1.165, 1.54) is 44.4 Å². The Labute approximate surface area is 157 Å². The minimum Gasteiger partial charge on any atom is -0.495 e. The number of aryl methyl sites for hydroxylation is 1. The van der Waals surface area contributed by atoms with Crippen molar-refractivity contribution in [1.82, 2.24) is 4.72 Å². The molecule has 27 heavy (non-hydrogen) atoms. The molecule has 2 amide bonds. The quantitative estimate of drug-likeness (QED) is 0.657. The molecule has 0 aliphatic rings. The first-order valence-corrected chi connectivity index (χ1v) is 9.50. The van der Waals surface area contributed by atoms with Crippen LogP contribution in [-0.4, -0.2) is 33.4 Å². The van der Waals surface area contributed by atoms with Crippen LogP contribution in [-0.2, 0) is 14.8 Å². The first-order chi connectivity index (χ1) is 12.6. The number of amides is 2. The summed E-state index contributed by atoms with van der Waals surface area (Å²) in [5, 5.41) is 2.57. The number of primary amides is 1. The van der Waals surface area contributed by atoms with Gasteiger partial charge in [-0.05, 0) is 55.8 Å². The summed E-state index contributed by atoms with van der Waals surface area (Å²) >= 11 is 0. The molecule has 0 saturated heterocycles. The van der Waals surface area contributed by atoms with Crippen LogP contribution in [0.1, 0.15) is 22.8 Å². The number of hydrogen-bond donors (Lipinski definition) is 3. The molecule has 0 radical (unpaired) electrons. The highest BCUT2D eigenvalue weighted by Crippen LogP contribution is 2.24. The Kier molecular flexibility index (Phi) is 6.19. The minimum atomic E-state index is -3.98. The summed E-state index contributed by atoms with van der Waals surface area (Å²) in [6.07, 6.45) is 0. The summed E-state index contributed by atoms with van der Waals surface area (Å²) in [7, 11) is -2.61. The fourth-order valence-electron chi connectivity index (χ4n) is 2.31. The van der Waals surface area contributed by atoms with Crippen molar-refractivity contribution in [3.63, 3.8) is 0 Å². The van der Waals surface area contributed by atoms with Gasteiger partial charge in [-0.2, -0.15) is 4.72 Å². The highest BCUT2D eigenvalue weighted by atomic mass is 32.2. The Balaban J connectivity index is 2.13. The average molecular weight is 391 g/mol. The number of carbonyl (C=O) groups excluding carboxylic acids is 2. The van der Waals surface area contributed by atoms with E-state index in [1.807, 2.05) is 0 Å². The predicted octanol–water partition coefficient (Wildman–Crippen LogP) is 1.41. The minimum absolute atomic E-state index is 0.0459. The number of ether oxygens (including phenoxy) is 1. The van der Waals surface area contributed by atoms with Crippen LogP contribution >= 0.6 is 0 Å². The van der Waals surface area contributed by atoms with Gasteiger partial charge in [0.2, 0.25) is 21.8 Å². The summed E-state index contributed by atoms with van der Waals surface area (Å²) in [5.41, 5.74) is 6.60. The first-order valence-electron chi connectivity index (χ1n) is 8.01. The lowest BCUT2D eigenvalue weighted by atomic mass is 10.2. The first kappa shape index (κ1) is 20.4. The fraction of sp³-hybridized carbons (Fsp3) is 0.222. The molecule has 0 bridgehead atoms. The van der Waals surface area contributed by atoms with E-state index in [4.69, 9.17) is 10.5 Å². The zero-order valence-electron chi connectivity index (χ0n) is 15.1. The Morgan fingerprint density at radius 1 is 1.11 bits per heavy atom. The molecule has 2 aromatic carbocycles. The largest absolute Gasteiger partial charge is 0.495 e. The summed E-state index contributed by atoms with van der Waals surface area (Å²) < 4.78 is 32.7. The van der Waals surface area contributed by atoms with Crippen molar-refractivity contribution in [3.05, 3.63) is 53.6 Å². The van der Waals surface area contributed by atoms with Crippen LogP contribution in [0, 0.1) is 6.92 Å². The highest BCUT2D eigenvalue weighted by Gasteiger charge is 2.25. The van der Waals surface area contributed by atoms with Gasteiger partial charge in [0.15, 0.2) is 0 Å². The second kappa shape index (κ2) is 8.19. The van der Waals surface area contributed by atoms with Crippen molar-refractivity contribution in [1.29, 1.82) is 0 Å². The van der Waals surface area contributed by atoms with Gasteiger partial charge < -0.3 is 15.8 Å². The smallest absolute Gasteiger partial charge is 0.248 e. The second-order valence-electron chi connectivity index (χ2n) is 5.93. The van der Waals surface area contributed by atoms with Crippen LogP contribution in [0.3, 0.4) is 0 Å². The van der Waals surface area contributed by atoms with E-state index in [-0.39, 0.29) is 10.6 Å². The van der Waals surface area contributed by atoms with Gasteiger partial charge in [-0.15, -0.1) is 0 Å². The maximum absolute atomic E-state index is 12.6. The number of sulfonamides is 1. The van der Waals surface area contributed by atoms with Gasteiger partial charge in [0, 0.05) is 11.3 Å². The van der Waals surface area contributed by atoms with Crippen LogP contribution < -0.4 is 20.5 Å². The maximum Gasteiger partial charge on any atom is 0.248 e. The summed E-state index contributed by atoms with van der Waals surface area (Å²) in [6, 6.07) is 9.63. The summed E-state index contributed by atoms with van der Waals surface area (Å²) in [5.74, 6) is -0.958. The van der Waals surface area contributed by atoms with Crippen molar-refractivity contribution >= 4 is 27.5 Å². The van der Waals surface area contributed by atoms with Crippen molar-refractivity contribution in [2.45, 2.75) is 24.8 Å². The number of rotatable bonds is 7. The molecule has 1 atom stereocenters. The molecular weight excluding hydrogens is 370 g/mol. The summed E-state index contributed by atoms with van der Waals surface area (Å²) in [6.45, 7) is 3.18. The number of benzene rings is 2. The molecule has 8 nitrogen and oxygen atoms in total. The van der Waals surface area contributed by atoms with E-state index in [0.717, 1.165) is 5.56 Å². The zero-order valence-corrected chi connectivity index (χ0v) is 16.0. The molecule has 0 aliphatic carbocycles. The van der Waals surface area contributed by atoms with E-state index in [1.54, 1.807) is 19.1 Å². The number of carbonyl (C=O) groups is 2. The van der Waals surface area contributed by atoms with E-state index in [2.05, 4.69) is 10.0 Å². The number of methoxy groups -OCH3 is 1. The Morgan fingerprint density at radius 2 is 1.74 bits per heavy atom. The Morgan fingerprint density at radius 3 is 2.30 bits per heavy atom.